The van der Waals surface area contributed by atoms with Crippen molar-refractivity contribution in [3.05, 3.63) is 26.2 Å². The molecule has 0 saturated carbocycles. The van der Waals surface area contributed by atoms with Crippen molar-refractivity contribution in [2.75, 3.05) is 5.32 Å². The molecule has 0 unspecified atom stereocenters. The summed E-state index contributed by atoms with van der Waals surface area (Å²) in [6.07, 6.45) is 0. The molecule has 0 aliphatic carbocycles. The van der Waals surface area contributed by atoms with Crippen LogP contribution in [0.4, 0.5) is 5.69 Å². The molecule has 14 heavy (non-hydrogen) atoms. The fourth-order valence-electron chi connectivity index (χ4n) is 0.850. The number of hydrogen-bond acceptors (Lipinski definition) is 1. The Balaban J connectivity index is 2.81. The van der Waals surface area contributed by atoms with E-state index in [2.05, 4.69) is 55.7 Å². The summed E-state index contributed by atoms with van der Waals surface area (Å²) in [6.45, 7) is 1.63. The molecule has 1 aromatic rings. The van der Waals surface area contributed by atoms with Crippen LogP contribution in [-0.4, -0.2) is 5.91 Å². The van der Waals surface area contributed by atoms with Gasteiger partial charge in [-0.3, -0.25) is 4.79 Å². The van der Waals surface area contributed by atoms with E-state index in [9.17, 15) is 4.79 Å². The topological polar surface area (TPSA) is 29.1 Å². The maximum Gasteiger partial charge on any atom is 0.300 e. The number of amides is 1. The Morgan fingerprint density at radius 2 is 2.29 bits per heavy atom. The summed E-state index contributed by atoms with van der Waals surface area (Å²) in [5, 5.41) is 2.66. The monoisotopic (exact) mass is 363 g/mol. The summed E-state index contributed by atoms with van der Waals surface area (Å²) >= 11 is 5.58. The zero-order valence-corrected chi connectivity index (χ0v) is 11.1. The normalized spacial score (nSPS) is 8.79. The number of rotatable bonds is 1. The van der Waals surface area contributed by atoms with Crippen molar-refractivity contribution in [3.63, 3.8) is 0 Å². The summed E-state index contributed by atoms with van der Waals surface area (Å²) in [4.78, 5) is 11.1. The van der Waals surface area contributed by atoms with Crippen molar-refractivity contribution in [3.8, 4) is 11.8 Å². The smallest absolute Gasteiger partial charge is 0.300 e. The van der Waals surface area contributed by atoms with E-state index in [0.29, 0.717) is 0 Å². The molecule has 1 amide bonds. The molecule has 4 heteroatoms. The van der Waals surface area contributed by atoms with Crippen LogP contribution in [0.3, 0.4) is 0 Å². The SMILES string of the molecule is CC#CC(=O)Nc1ccc(I)c(Br)c1. The molecular formula is C10H7BrINO. The summed E-state index contributed by atoms with van der Waals surface area (Å²) < 4.78 is 2.06. The minimum absolute atomic E-state index is 0.291. The van der Waals surface area contributed by atoms with Gasteiger partial charge in [-0.15, -0.1) is 0 Å². The second-order valence-corrected chi connectivity index (χ2v) is 4.47. The number of carbonyl (C=O) groups excluding carboxylic acids is 1. The van der Waals surface area contributed by atoms with E-state index in [1.165, 1.54) is 0 Å². The number of carbonyl (C=O) groups is 1. The van der Waals surface area contributed by atoms with Crippen LogP contribution in [0.25, 0.3) is 0 Å². The second-order valence-electron chi connectivity index (χ2n) is 2.46. The Hall–Kier alpha value is -0.540. The fraction of sp³-hybridized carbons (Fsp3) is 0.100. The van der Waals surface area contributed by atoms with Gasteiger partial charge >= 0.3 is 0 Å². The van der Waals surface area contributed by atoms with Gasteiger partial charge in [-0.2, -0.15) is 0 Å². The summed E-state index contributed by atoms with van der Waals surface area (Å²) in [5.41, 5.74) is 0.741. The first-order valence-corrected chi connectivity index (χ1v) is 5.69. The zero-order valence-electron chi connectivity index (χ0n) is 7.40. The van der Waals surface area contributed by atoms with Gasteiger partial charge in [-0.1, -0.05) is 5.92 Å². The lowest BCUT2D eigenvalue weighted by atomic mass is 10.3. The van der Waals surface area contributed by atoms with E-state index in [0.717, 1.165) is 13.7 Å². The van der Waals surface area contributed by atoms with E-state index in [1.54, 1.807) is 6.92 Å². The van der Waals surface area contributed by atoms with Gasteiger partial charge in [0.1, 0.15) is 0 Å². The van der Waals surface area contributed by atoms with Crippen LogP contribution >= 0.6 is 38.5 Å². The lowest BCUT2D eigenvalue weighted by Gasteiger charge is -2.02. The molecule has 0 spiro atoms. The average molecular weight is 364 g/mol. The van der Waals surface area contributed by atoms with E-state index >= 15 is 0 Å². The molecular weight excluding hydrogens is 357 g/mol. The van der Waals surface area contributed by atoms with E-state index in [-0.39, 0.29) is 5.91 Å². The third-order valence-electron chi connectivity index (χ3n) is 1.42. The van der Waals surface area contributed by atoms with Crippen LogP contribution < -0.4 is 5.32 Å². The molecule has 0 fully saturated rings. The highest BCUT2D eigenvalue weighted by Gasteiger charge is 2.00. The van der Waals surface area contributed by atoms with Gasteiger partial charge in [0.2, 0.25) is 0 Å². The average Bonchev–Trinajstić information content (AvgIpc) is 2.12. The Morgan fingerprint density at radius 1 is 1.57 bits per heavy atom. The van der Waals surface area contributed by atoms with Gasteiger partial charge in [0, 0.05) is 13.7 Å². The third-order valence-corrected chi connectivity index (χ3v) is 3.75. The predicted molar refractivity (Wildman–Crippen MR) is 68.9 cm³/mol. The van der Waals surface area contributed by atoms with Gasteiger partial charge < -0.3 is 5.32 Å². The van der Waals surface area contributed by atoms with Crippen LogP contribution in [0.5, 0.6) is 0 Å². The number of nitrogens with one attached hydrogen (secondary N) is 1. The highest BCUT2D eigenvalue weighted by Crippen LogP contribution is 2.22. The minimum atomic E-state index is -0.291. The largest absolute Gasteiger partial charge is 0.315 e. The lowest BCUT2D eigenvalue weighted by molar-refractivity contribution is -0.111. The molecule has 0 atom stereocenters. The Morgan fingerprint density at radius 3 is 2.86 bits per heavy atom. The third kappa shape index (κ3) is 3.31. The zero-order chi connectivity index (χ0) is 10.6. The van der Waals surface area contributed by atoms with Crippen LogP contribution in [0.15, 0.2) is 22.7 Å². The van der Waals surface area contributed by atoms with Crippen molar-refractivity contribution >= 4 is 50.1 Å². The quantitative estimate of drug-likeness (QED) is 0.603. The number of hydrogen-bond donors (Lipinski definition) is 1. The van der Waals surface area contributed by atoms with E-state index < -0.39 is 0 Å². The minimum Gasteiger partial charge on any atom is -0.315 e. The summed E-state index contributed by atoms with van der Waals surface area (Å²) in [5.74, 6) is 4.66. The van der Waals surface area contributed by atoms with Crippen molar-refractivity contribution in [1.29, 1.82) is 0 Å². The molecule has 0 aliphatic rings. The fourth-order valence-corrected chi connectivity index (χ4v) is 1.56. The van der Waals surface area contributed by atoms with Gasteiger partial charge in [0.05, 0.1) is 0 Å². The molecule has 0 radical (unpaired) electrons. The van der Waals surface area contributed by atoms with Gasteiger partial charge in [0.15, 0.2) is 0 Å². The predicted octanol–water partition coefficient (Wildman–Crippen LogP) is 3.02. The van der Waals surface area contributed by atoms with Crippen molar-refractivity contribution in [2.24, 2.45) is 0 Å². The Labute approximate surface area is 105 Å². The highest BCUT2D eigenvalue weighted by molar-refractivity contribution is 14.1. The second kappa shape index (κ2) is 5.37. The lowest BCUT2D eigenvalue weighted by Crippen LogP contribution is -2.08. The first kappa shape index (κ1) is 11.5. The standard InChI is InChI=1S/C10H7BrINO/c1-2-3-10(14)13-7-4-5-9(12)8(11)6-7/h4-6H,1H3,(H,13,14). The van der Waals surface area contributed by atoms with Crippen molar-refractivity contribution < 1.29 is 4.79 Å². The number of benzene rings is 1. The molecule has 0 bridgehead atoms. The molecule has 1 N–H and O–H groups in total. The molecule has 72 valence electrons. The highest BCUT2D eigenvalue weighted by atomic mass is 127. The molecule has 0 aliphatic heterocycles. The number of halogens is 2. The molecule has 0 saturated heterocycles. The van der Waals surface area contributed by atoms with Crippen LogP contribution in [0.2, 0.25) is 0 Å². The van der Waals surface area contributed by atoms with E-state index in [4.69, 9.17) is 0 Å². The molecule has 2 nitrogen and oxygen atoms in total. The molecule has 0 heterocycles. The summed E-state index contributed by atoms with van der Waals surface area (Å²) in [6, 6.07) is 5.60. The Kier molecular flexibility index (Phi) is 4.42. The molecule has 1 rings (SSSR count). The maximum atomic E-state index is 11.1. The van der Waals surface area contributed by atoms with Crippen LogP contribution in [0.1, 0.15) is 6.92 Å². The number of anilines is 1. The van der Waals surface area contributed by atoms with E-state index in [1.807, 2.05) is 18.2 Å². The summed E-state index contributed by atoms with van der Waals surface area (Å²) in [7, 11) is 0. The van der Waals surface area contributed by atoms with Crippen molar-refractivity contribution in [2.45, 2.75) is 6.92 Å². The van der Waals surface area contributed by atoms with Crippen LogP contribution in [0, 0.1) is 15.4 Å². The van der Waals surface area contributed by atoms with Crippen molar-refractivity contribution in [1.82, 2.24) is 0 Å². The van der Waals surface area contributed by atoms with Crippen LogP contribution in [-0.2, 0) is 4.79 Å². The van der Waals surface area contributed by atoms with Gasteiger partial charge in [-0.05, 0) is 69.6 Å². The first-order valence-electron chi connectivity index (χ1n) is 3.82. The Bertz CT molecular complexity index is 420. The van der Waals surface area contributed by atoms with Gasteiger partial charge in [-0.25, -0.2) is 0 Å². The first-order chi connectivity index (χ1) is 6.63. The van der Waals surface area contributed by atoms with Gasteiger partial charge in [0.25, 0.3) is 5.91 Å². The maximum absolute atomic E-state index is 11.1. The molecule has 1 aromatic carbocycles. The molecule has 0 aromatic heterocycles.